The Labute approximate surface area is 108 Å². The topological polar surface area (TPSA) is 29.1 Å². The quantitative estimate of drug-likeness (QED) is 0.608. The second-order valence-corrected chi connectivity index (χ2v) is 7.34. The van der Waals surface area contributed by atoms with E-state index >= 15 is 0 Å². The van der Waals surface area contributed by atoms with Crippen LogP contribution in [0.15, 0.2) is 12.7 Å². The van der Waals surface area contributed by atoms with Crippen molar-refractivity contribution in [1.29, 1.82) is 0 Å². The van der Waals surface area contributed by atoms with Crippen LogP contribution in [0.2, 0.25) is 0 Å². The van der Waals surface area contributed by atoms with Crippen molar-refractivity contribution in [3.8, 4) is 0 Å². The smallest absolute Gasteiger partial charge is 0.243 e. The molecule has 94 valence electrons. The van der Waals surface area contributed by atoms with E-state index in [1.54, 1.807) is 0 Å². The maximum absolute atomic E-state index is 11.3. The van der Waals surface area contributed by atoms with E-state index in [1.807, 2.05) is 0 Å². The Morgan fingerprint density at radius 1 is 1.35 bits per heavy atom. The summed E-state index contributed by atoms with van der Waals surface area (Å²) in [6, 6.07) is 0. The van der Waals surface area contributed by atoms with Gasteiger partial charge in [0.05, 0.1) is 0 Å². The van der Waals surface area contributed by atoms with Crippen LogP contribution in [0.4, 0.5) is 0 Å². The molecule has 1 amide bonds. The van der Waals surface area contributed by atoms with Crippen molar-refractivity contribution in [2.75, 3.05) is 6.54 Å². The molecule has 4 saturated carbocycles. The molecule has 0 heterocycles. The van der Waals surface area contributed by atoms with Crippen LogP contribution >= 0.6 is 11.6 Å². The molecule has 4 bridgehead atoms. The highest BCUT2D eigenvalue weighted by molar-refractivity contribution is 6.24. The number of hydrogen-bond acceptors (Lipinski definition) is 1. The number of rotatable bonds is 3. The fourth-order valence-electron chi connectivity index (χ4n) is 4.89. The van der Waals surface area contributed by atoms with Crippen LogP contribution in [0.5, 0.6) is 0 Å². The number of halogens is 1. The Hall–Kier alpha value is -0.500. The summed E-state index contributed by atoms with van der Waals surface area (Å²) in [6.45, 7) is 4.29. The van der Waals surface area contributed by atoms with Crippen LogP contribution in [0.3, 0.4) is 0 Å². The maximum atomic E-state index is 11.3. The minimum atomic E-state index is -0.0515. The van der Waals surface area contributed by atoms with Gasteiger partial charge in [-0.1, -0.05) is 6.58 Å². The highest BCUT2D eigenvalue weighted by atomic mass is 35.5. The first-order valence-electron chi connectivity index (χ1n) is 6.62. The van der Waals surface area contributed by atoms with E-state index in [2.05, 4.69) is 11.9 Å². The van der Waals surface area contributed by atoms with Crippen molar-refractivity contribution < 1.29 is 4.79 Å². The lowest BCUT2D eigenvalue weighted by molar-refractivity contribution is -0.118. The first-order valence-corrected chi connectivity index (χ1v) is 7.00. The average molecular weight is 254 g/mol. The molecule has 4 aliphatic carbocycles. The third-order valence-corrected chi connectivity index (χ3v) is 5.38. The zero-order valence-electron chi connectivity index (χ0n) is 10.2. The van der Waals surface area contributed by atoms with Gasteiger partial charge in [0.15, 0.2) is 0 Å². The van der Waals surface area contributed by atoms with Crippen LogP contribution in [-0.2, 0) is 4.79 Å². The molecule has 0 aromatic rings. The Kier molecular flexibility index (Phi) is 2.55. The molecule has 4 aliphatic rings. The second kappa shape index (κ2) is 3.74. The number of hydrogen-bond donors (Lipinski definition) is 1. The van der Waals surface area contributed by atoms with Gasteiger partial charge < -0.3 is 5.32 Å². The van der Waals surface area contributed by atoms with Gasteiger partial charge >= 0.3 is 0 Å². The Morgan fingerprint density at radius 2 is 2.00 bits per heavy atom. The minimum Gasteiger partial charge on any atom is -0.352 e. The van der Waals surface area contributed by atoms with Crippen molar-refractivity contribution >= 4 is 17.5 Å². The van der Waals surface area contributed by atoms with Gasteiger partial charge in [0.2, 0.25) is 5.91 Å². The van der Waals surface area contributed by atoms with Crippen molar-refractivity contribution in [3.05, 3.63) is 12.7 Å². The van der Waals surface area contributed by atoms with Crippen LogP contribution in [0, 0.1) is 17.3 Å². The van der Waals surface area contributed by atoms with E-state index in [0.717, 1.165) is 24.8 Å². The Bertz CT molecular complexity index is 351. The molecule has 3 heteroatoms. The van der Waals surface area contributed by atoms with E-state index in [-0.39, 0.29) is 16.2 Å². The zero-order chi connectivity index (χ0) is 12.1. The molecule has 0 radical (unpaired) electrons. The maximum Gasteiger partial charge on any atom is 0.243 e. The number of carbonyl (C=O) groups is 1. The number of carbonyl (C=O) groups excluding carboxylic acids is 1. The van der Waals surface area contributed by atoms with Crippen LogP contribution in [-0.4, -0.2) is 17.3 Å². The minimum absolute atomic E-state index is 0.0446. The van der Waals surface area contributed by atoms with Crippen molar-refractivity contribution in [3.63, 3.8) is 0 Å². The highest BCUT2D eigenvalue weighted by Gasteiger charge is 2.56. The molecule has 2 unspecified atom stereocenters. The Morgan fingerprint density at radius 3 is 2.53 bits per heavy atom. The van der Waals surface area contributed by atoms with Gasteiger partial charge in [-0.2, -0.15) is 0 Å². The first-order chi connectivity index (χ1) is 8.03. The van der Waals surface area contributed by atoms with Crippen LogP contribution in [0.25, 0.3) is 0 Å². The molecule has 0 spiro atoms. The third kappa shape index (κ3) is 2.01. The predicted octanol–water partition coefficient (Wildman–Crippen LogP) is 2.87. The lowest BCUT2D eigenvalue weighted by atomic mass is 9.49. The van der Waals surface area contributed by atoms with Gasteiger partial charge in [0, 0.05) is 11.4 Å². The first kappa shape index (κ1) is 11.6. The third-order valence-electron chi connectivity index (χ3n) is 4.93. The van der Waals surface area contributed by atoms with Gasteiger partial charge in [-0.3, -0.25) is 4.79 Å². The summed E-state index contributed by atoms with van der Waals surface area (Å²) in [7, 11) is 0. The summed E-state index contributed by atoms with van der Waals surface area (Å²) in [5, 5.41) is 2.99. The van der Waals surface area contributed by atoms with Crippen LogP contribution < -0.4 is 5.32 Å². The summed E-state index contributed by atoms with van der Waals surface area (Å²) < 4.78 is 0. The predicted molar refractivity (Wildman–Crippen MR) is 68.9 cm³/mol. The van der Waals surface area contributed by atoms with E-state index in [0.29, 0.717) is 0 Å². The Balaban J connectivity index is 1.74. The molecular formula is C14H20ClNO. The molecule has 0 aromatic heterocycles. The van der Waals surface area contributed by atoms with E-state index in [9.17, 15) is 4.79 Å². The van der Waals surface area contributed by atoms with Crippen molar-refractivity contribution in [1.82, 2.24) is 5.32 Å². The average Bonchev–Trinajstić information content (AvgIpc) is 2.22. The van der Waals surface area contributed by atoms with Gasteiger partial charge in [-0.15, -0.1) is 11.6 Å². The van der Waals surface area contributed by atoms with Gasteiger partial charge in [-0.05, 0) is 61.9 Å². The summed E-state index contributed by atoms with van der Waals surface area (Å²) in [6.07, 6.45) is 8.73. The van der Waals surface area contributed by atoms with Gasteiger partial charge in [0.1, 0.15) is 0 Å². The fraction of sp³-hybridized carbons (Fsp3) is 0.786. The van der Waals surface area contributed by atoms with Crippen LogP contribution in [0.1, 0.15) is 38.5 Å². The molecule has 0 aliphatic heterocycles. The lowest BCUT2D eigenvalue weighted by Crippen LogP contribution is -2.56. The number of amides is 1. The molecule has 4 rings (SSSR count). The number of alkyl halides is 1. The molecule has 4 fully saturated rings. The lowest BCUT2D eigenvalue weighted by Gasteiger charge is -2.60. The van der Waals surface area contributed by atoms with Crippen molar-refractivity contribution in [2.45, 2.75) is 43.4 Å². The highest BCUT2D eigenvalue weighted by Crippen LogP contribution is 2.63. The zero-order valence-corrected chi connectivity index (χ0v) is 10.9. The standard InChI is InChI=1S/C14H20ClNO/c1-2-12(17)16-9-13-4-10-3-11(5-13)7-14(15,6-10)8-13/h2,10-11H,1,3-9H2,(H,16,17). The monoisotopic (exact) mass is 253 g/mol. The normalized spacial score (nSPS) is 46.9. The number of nitrogens with one attached hydrogen (secondary N) is 1. The molecule has 2 atom stereocenters. The summed E-state index contributed by atoms with van der Waals surface area (Å²) in [5.41, 5.74) is 0.282. The van der Waals surface area contributed by atoms with Gasteiger partial charge in [-0.25, -0.2) is 0 Å². The van der Waals surface area contributed by atoms with E-state index in [1.165, 1.54) is 38.2 Å². The summed E-state index contributed by atoms with van der Waals surface area (Å²) in [4.78, 5) is 11.4. The summed E-state index contributed by atoms with van der Waals surface area (Å²) in [5.74, 6) is 1.55. The van der Waals surface area contributed by atoms with E-state index in [4.69, 9.17) is 11.6 Å². The fourth-order valence-corrected chi connectivity index (χ4v) is 5.61. The molecule has 0 aromatic carbocycles. The van der Waals surface area contributed by atoms with Gasteiger partial charge in [0.25, 0.3) is 0 Å². The largest absolute Gasteiger partial charge is 0.352 e. The second-order valence-electron chi connectivity index (χ2n) is 6.53. The molecule has 0 saturated heterocycles. The SMILES string of the molecule is C=CC(=O)NCC12CC3CC(CC(Cl)(C3)C1)C2. The molecular weight excluding hydrogens is 234 g/mol. The van der Waals surface area contributed by atoms with Crippen molar-refractivity contribution in [2.24, 2.45) is 17.3 Å². The molecule has 2 nitrogen and oxygen atoms in total. The molecule has 17 heavy (non-hydrogen) atoms. The summed E-state index contributed by atoms with van der Waals surface area (Å²) >= 11 is 6.74. The van der Waals surface area contributed by atoms with E-state index < -0.39 is 0 Å². The molecule has 1 N–H and O–H groups in total.